The minimum atomic E-state index is -0.954. The summed E-state index contributed by atoms with van der Waals surface area (Å²) in [5, 5.41) is 10.8. The molecule has 1 N–H and O–H groups in total. The minimum absolute atomic E-state index is 0.278. The van der Waals surface area contributed by atoms with Crippen molar-refractivity contribution in [1.82, 2.24) is 4.98 Å². The summed E-state index contributed by atoms with van der Waals surface area (Å²) in [4.78, 5) is 16.3. The molecule has 0 spiro atoms. The van der Waals surface area contributed by atoms with Crippen molar-refractivity contribution in [2.24, 2.45) is 0 Å². The zero-order valence-corrected chi connectivity index (χ0v) is 11.7. The van der Waals surface area contributed by atoms with E-state index in [9.17, 15) is 9.90 Å². The molecule has 1 aliphatic rings. The van der Waals surface area contributed by atoms with Gasteiger partial charge in [0.15, 0.2) is 6.29 Å². The van der Waals surface area contributed by atoms with Gasteiger partial charge in [-0.15, -0.1) is 0 Å². The number of hydrogen-bond acceptors (Lipinski definition) is 4. The largest absolute Gasteiger partial charge is 0.478 e. The second kappa shape index (κ2) is 5.05. The Hall–Kier alpha value is -2.50. The van der Waals surface area contributed by atoms with Gasteiger partial charge in [-0.3, -0.25) is 0 Å². The molecule has 0 saturated carbocycles. The molecule has 1 fully saturated rings. The Labute approximate surface area is 126 Å². The predicted molar refractivity (Wildman–Crippen MR) is 80.9 cm³/mol. The second-order valence-corrected chi connectivity index (χ2v) is 5.16. The highest BCUT2D eigenvalue weighted by Crippen LogP contribution is 2.30. The van der Waals surface area contributed by atoms with E-state index in [-0.39, 0.29) is 5.56 Å². The number of rotatable bonds is 2. The lowest BCUT2D eigenvalue weighted by Gasteiger charge is -2.12. The average Bonchev–Trinajstić information content (AvgIpc) is 3.06. The van der Waals surface area contributed by atoms with E-state index in [4.69, 9.17) is 9.47 Å². The Morgan fingerprint density at radius 3 is 2.55 bits per heavy atom. The highest BCUT2D eigenvalue weighted by Gasteiger charge is 2.20. The van der Waals surface area contributed by atoms with Crippen molar-refractivity contribution in [3.63, 3.8) is 0 Å². The Balaban J connectivity index is 2.00. The van der Waals surface area contributed by atoms with E-state index in [1.165, 1.54) is 0 Å². The molecular formula is C17H13NO4. The first-order valence-electron chi connectivity index (χ1n) is 7.03. The molecule has 0 amide bonds. The van der Waals surface area contributed by atoms with Crippen LogP contribution in [-0.4, -0.2) is 29.3 Å². The lowest BCUT2D eigenvalue weighted by Crippen LogP contribution is -2.03. The van der Waals surface area contributed by atoms with Crippen LogP contribution in [0.15, 0.2) is 42.5 Å². The first kappa shape index (κ1) is 13.2. The van der Waals surface area contributed by atoms with E-state index in [1.54, 1.807) is 12.1 Å². The van der Waals surface area contributed by atoms with Gasteiger partial charge in [0.2, 0.25) is 0 Å². The molecule has 2 heterocycles. The zero-order valence-electron chi connectivity index (χ0n) is 11.7. The molecule has 1 aromatic heterocycles. The Bertz CT molecular complexity index is 884. The number of hydrogen-bond donors (Lipinski definition) is 1. The van der Waals surface area contributed by atoms with Gasteiger partial charge in [-0.05, 0) is 12.1 Å². The van der Waals surface area contributed by atoms with Gasteiger partial charge in [-0.25, -0.2) is 9.78 Å². The number of ether oxygens (including phenoxy) is 2. The predicted octanol–water partition coefficient (Wildman–Crippen LogP) is 3.13. The molecule has 0 aliphatic carbocycles. The van der Waals surface area contributed by atoms with Crippen LogP contribution in [0.4, 0.5) is 0 Å². The van der Waals surface area contributed by atoms with Crippen molar-refractivity contribution < 1.29 is 19.4 Å². The molecule has 0 atom stereocenters. The summed E-state index contributed by atoms with van der Waals surface area (Å²) in [6, 6.07) is 12.7. The van der Waals surface area contributed by atoms with Crippen molar-refractivity contribution in [2.45, 2.75) is 6.29 Å². The van der Waals surface area contributed by atoms with E-state index in [1.807, 2.05) is 30.3 Å². The SMILES string of the molecule is O=C(O)c1c2ccccc2nc2cc(C3OCCO3)ccc12. The monoisotopic (exact) mass is 295 g/mol. The third kappa shape index (κ3) is 2.03. The lowest BCUT2D eigenvalue weighted by molar-refractivity contribution is -0.0440. The van der Waals surface area contributed by atoms with Gasteiger partial charge in [0, 0.05) is 16.3 Å². The topological polar surface area (TPSA) is 68.7 Å². The number of carboxylic acids is 1. The average molecular weight is 295 g/mol. The highest BCUT2D eigenvalue weighted by molar-refractivity contribution is 6.13. The number of fused-ring (bicyclic) bond motifs is 2. The van der Waals surface area contributed by atoms with Crippen molar-refractivity contribution in [2.75, 3.05) is 13.2 Å². The fourth-order valence-electron chi connectivity index (χ4n) is 2.84. The Kier molecular flexibility index (Phi) is 3.03. The maximum Gasteiger partial charge on any atom is 0.337 e. The maximum absolute atomic E-state index is 11.7. The maximum atomic E-state index is 11.7. The van der Waals surface area contributed by atoms with E-state index in [0.29, 0.717) is 35.0 Å². The fourth-order valence-corrected chi connectivity index (χ4v) is 2.84. The lowest BCUT2D eigenvalue weighted by atomic mass is 10.0. The van der Waals surface area contributed by atoms with Crippen LogP contribution in [0, 0.1) is 0 Å². The summed E-state index contributed by atoms with van der Waals surface area (Å²) in [5.74, 6) is -0.954. The zero-order chi connectivity index (χ0) is 15.1. The van der Waals surface area contributed by atoms with Crippen LogP contribution in [0.3, 0.4) is 0 Å². The molecule has 2 aromatic carbocycles. The fraction of sp³-hybridized carbons (Fsp3) is 0.176. The van der Waals surface area contributed by atoms with Gasteiger partial charge in [-0.1, -0.05) is 30.3 Å². The standard InChI is InChI=1S/C17H13NO4/c19-16(20)15-11-3-1-2-4-13(11)18-14-9-10(5-6-12(14)15)17-21-7-8-22-17/h1-6,9,17H,7-8H2,(H,19,20). The highest BCUT2D eigenvalue weighted by atomic mass is 16.7. The van der Waals surface area contributed by atoms with E-state index >= 15 is 0 Å². The number of para-hydroxylation sites is 1. The number of carboxylic acid groups (broad SMARTS) is 1. The van der Waals surface area contributed by atoms with Crippen molar-refractivity contribution in [3.05, 3.63) is 53.6 Å². The second-order valence-electron chi connectivity index (χ2n) is 5.16. The third-order valence-electron chi connectivity index (χ3n) is 3.81. The number of carbonyl (C=O) groups is 1. The Morgan fingerprint density at radius 1 is 1.05 bits per heavy atom. The molecule has 1 aliphatic heterocycles. The van der Waals surface area contributed by atoms with Gasteiger partial charge < -0.3 is 14.6 Å². The van der Waals surface area contributed by atoms with Gasteiger partial charge in [-0.2, -0.15) is 0 Å². The molecule has 5 nitrogen and oxygen atoms in total. The van der Waals surface area contributed by atoms with Gasteiger partial charge in [0.25, 0.3) is 0 Å². The van der Waals surface area contributed by atoms with E-state index in [0.717, 1.165) is 5.56 Å². The molecule has 1 saturated heterocycles. The molecule has 0 radical (unpaired) electrons. The third-order valence-corrected chi connectivity index (χ3v) is 3.81. The van der Waals surface area contributed by atoms with E-state index in [2.05, 4.69) is 4.98 Å². The quantitative estimate of drug-likeness (QED) is 0.736. The first-order chi connectivity index (χ1) is 10.7. The van der Waals surface area contributed by atoms with Crippen molar-refractivity contribution >= 4 is 27.8 Å². The van der Waals surface area contributed by atoms with Crippen LogP contribution >= 0.6 is 0 Å². The summed E-state index contributed by atoms with van der Waals surface area (Å²) in [6.07, 6.45) is -0.397. The van der Waals surface area contributed by atoms with Crippen LogP contribution in [0.1, 0.15) is 22.2 Å². The molecule has 0 bridgehead atoms. The minimum Gasteiger partial charge on any atom is -0.478 e. The van der Waals surface area contributed by atoms with Crippen molar-refractivity contribution in [1.29, 1.82) is 0 Å². The smallest absolute Gasteiger partial charge is 0.337 e. The summed E-state index contributed by atoms with van der Waals surface area (Å²) < 4.78 is 11.0. The number of benzene rings is 2. The first-order valence-corrected chi connectivity index (χ1v) is 7.03. The number of pyridine rings is 1. The molecule has 110 valence electrons. The number of aromatic carboxylic acids is 1. The molecular weight excluding hydrogens is 282 g/mol. The Morgan fingerprint density at radius 2 is 1.77 bits per heavy atom. The number of nitrogens with zero attached hydrogens (tertiary/aromatic N) is 1. The van der Waals surface area contributed by atoms with Crippen LogP contribution in [0.2, 0.25) is 0 Å². The van der Waals surface area contributed by atoms with Crippen LogP contribution in [0.5, 0.6) is 0 Å². The molecule has 0 unspecified atom stereocenters. The number of aromatic nitrogens is 1. The summed E-state index contributed by atoms with van der Waals surface area (Å²) in [7, 11) is 0. The van der Waals surface area contributed by atoms with E-state index < -0.39 is 12.3 Å². The summed E-state index contributed by atoms with van der Waals surface area (Å²) in [5.41, 5.74) is 2.43. The summed E-state index contributed by atoms with van der Waals surface area (Å²) >= 11 is 0. The van der Waals surface area contributed by atoms with Crippen LogP contribution in [0.25, 0.3) is 21.8 Å². The normalized spacial score (nSPS) is 15.6. The van der Waals surface area contributed by atoms with Gasteiger partial charge in [0.1, 0.15) is 0 Å². The van der Waals surface area contributed by atoms with Crippen LogP contribution < -0.4 is 0 Å². The molecule has 22 heavy (non-hydrogen) atoms. The van der Waals surface area contributed by atoms with Crippen LogP contribution in [-0.2, 0) is 9.47 Å². The van der Waals surface area contributed by atoms with Crippen molar-refractivity contribution in [3.8, 4) is 0 Å². The molecule has 3 aromatic rings. The molecule has 5 heteroatoms. The summed E-state index contributed by atoms with van der Waals surface area (Å²) in [6.45, 7) is 1.13. The molecule has 4 rings (SSSR count). The van der Waals surface area contributed by atoms with Gasteiger partial charge in [0.05, 0.1) is 29.8 Å². The van der Waals surface area contributed by atoms with Gasteiger partial charge >= 0.3 is 5.97 Å².